The molecule has 0 aliphatic heterocycles. The zero-order valence-electron chi connectivity index (χ0n) is 14.3. The van der Waals surface area contributed by atoms with Crippen LogP contribution in [0, 0.1) is 0 Å². The molecule has 26 heavy (non-hydrogen) atoms. The molecule has 3 heterocycles. The molecule has 1 N–H and O–H groups in total. The highest BCUT2D eigenvalue weighted by atomic mass is 16.1. The van der Waals surface area contributed by atoms with Crippen LogP contribution >= 0.6 is 0 Å². The van der Waals surface area contributed by atoms with Gasteiger partial charge in [0.2, 0.25) is 5.65 Å². The minimum Gasteiger partial charge on any atom is -0.364 e. The van der Waals surface area contributed by atoms with Gasteiger partial charge in [0.1, 0.15) is 12.2 Å². The van der Waals surface area contributed by atoms with Crippen LogP contribution in [0.25, 0.3) is 16.6 Å². The number of H-pyrrole nitrogens is 1. The van der Waals surface area contributed by atoms with E-state index in [1.54, 1.807) is 16.9 Å². The number of anilines is 1. The van der Waals surface area contributed by atoms with Crippen molar-refractivity contribution < 1.29 is 0 Å². The lowest BCUT2D eigenvalue weighted by Gasteiger charge is -2.19. The number of hydrogen-bond acceptors (Lipinski definition) is 6. The first-order valence-corrected chi connectivity index (χ1v) is 8.59. The van der Waals surface area contributed by atoms with Gasteiger partial charge < -0.3 is 9.88 Å². The summed E-state index contributed by atoms with van der Waals surface area (Å²) in [5.41, 5.74) is 3.25. The van der Waals surface area contributed by atoms with Crippen molar-refractivity contribution in [3.8, 4) is 0 Å². The lowest BCUT2D eigenvalue weighted by Crippen LogP contribution is -2.22. The van der Waals surface area contributed by atoms with Crippen molar-refractivity contribution in [3.63, 3.8) is 0 Å². The molecule has 0 unspecified atom stereocenters. The largest absolute Gasteiger partial charge is 0.364 e. The first-order valence-electron chi connectivity index (χ1n) is 8.59. The van der Waals surface area contributed by atoms with E-state index in [0.29, 0.717) is 34.8 Å². The third-order valence-electron chi connectivity index (χ3n) is 4.72. The Balaban J connectivity index is 1.54. The first kappa shape index (κ1) is 15.0. The van der Waals surface area contributed by atoms with Gasteiger partial charge in [-0.05, 0) is 31.0 Å². The number of para-hydroxylation sites is 1. The van der Waals surface area contributed by atoms with Crippen LogP contribution in [0.3, 0.4) is 0 Å². The van der Waals surface area contributed by atoms with Gasteiger partial charge >= 0.3 is 0 Å². The normalized spacial score (nSPS) is 14.2. The molecule has 0 saturated heterocycles. The maximum atomic E-state index is 12.3. The molecule has 8 heteroatoms. The van der Waals surface area contributed by atoms with Crippen LogP contribution in [-0.4, -0.2) is 36.8 Å². The number of nitrogens with zero attached hydrogens (tertiary/aromatic N) is 6. The molecule has 5 rings (SSSR count). The summed E-state index contributed by atoms with van der Waals surface area (Å²) in [5, 5.41) is 13.4. The fourth-order valence-corrected chi connectivity index (χ4v) is 3.21. The molecular formula is C18H17N7O. The number of benzene rings is 1. The molecule has 1 fully saturated rings. The third kappa shape index (κ3) is 2.50. The molecule has 1 aromatic carbocycles. The summed E-state index contributed by atoms with van der Waals surface area (Å²) < 4.78 is 1.72. The Labute approximate surface area is 148 Å². The van der Waals surface area contributed by atoms with Crippen molar-refractivity contribution in [1.82, 2.24) is 29.8 Å². The summed E-state index contributed by atoms with van der Waals surface area (Å²) in [5.74, 6) is 1.13. The van der Waals surface area contributed by atoms with Gasteiger partial charge in [-0.25, -0.2) is 4.98 Å². The Hall–Kier alpha value is -3.29. The molecule has 1 saturated carbocycles. The van der Waals surface area contributed by atoms with Gasteiger partial charge in [0, 0.05) is 13.0 Å². The Morgan fingerprint density at radius 1 is 1.31 bits per heavy atom. The number of aromatic nitrogens is 6. The third-order valence-corrected chi connectivity index (χ3v) is 4.72. The molecule has 0 bridgehead atoms. The molecule has 1 aliphatic carbocycles. The molecule has 0 amide bonds. The van der Waals surface area contributed by atoms with Gasteiger partial charge in [-0.1, -0.05) is 12.1 Å². The standard InChI is InChI=1S/C18H17N7O/c1-24(9-16-20-13-5-3-2-4-12(13)18(26)21-16)15-8-14(11-6-7-11)23-25-10-19-22-17(15)25/h2-5,8,10-11H,6-7,9H2,1H3,(H,20,21,26). The van der Waals surface area contributed by atoms with Crippen LogP contribution < -0.4 is 10.5 Å². The maximum absolute atomic E-state index is 12.3. The molecular weight excluding hydrogens is 330 g/mol. The minimum atomic E-state index is -0.125. The maximum Gasteiger partial charge on any atom is 0.258 e. The van der Waals surface area contributed by atoms with E-state index in [-0.39, 0.29) is 5.56 Å². The van der Waals surface area contributed by atoms with Crippen LogP contribution in [0.5, 0.6) is 0 Å². The topological polar surface area (TPSA) is 92.1 Å². The summed E-state index contributed by atoms with van der Waals surface area (Å²) >= 11 is 0. The molecule has 8 nitrogen and oxygen atoms in total. The summed E-state index contributed by atoms with van der Waals surface area (Å²) in [7, 11) is 1.95. The van der Waals surface area contributed by atoms with E-state index in [9.17, 15) is 4.79 Å². The molecule has 3 aromatic heterocycles. The minimum absolute atomic E-state index is 0.125. The van der Waals surface area contributed by atoms with Crippen molar-refractivity contribution in [2.24, 2.45) is 0 Å². The Morgan fingerprint density at radius 2 is 2.15 bits per heavy atom. The summed E-state index contributed by atoms with van der Waals surface area (Å²) in [6, 6.07) is 9.42. The number of aromatic amines is 1. The molecule has 0 atom stereocenters. The van der Waals surface area contributed by atoms with E-state index >= 15 is 0 Å². The highest BCUT2D eigenvalue weighted by Crippen LogP contribution is 2.40. The lowest BCUT2D eigenvalue weighted by atomic mass is 10.2. The lowest BCUT2D eigenvalue weighted by molar-refractivity contribution is 0.813. The zero-order valence-corrected chi connectivity index (χ0v) is 14.3. The first-order chi connectivity index (χ1) is 12.7. The Kier molecular flexibility index (Phi) is 3.24. The van der Waals surface area contributed by atoms with E-state index in [4.69, 9.17) is 0 Å². The van der Waals surface area contributed by atoms with E-state index < -0.39 is 0 Å². The second-order valence-electron chi connectivity index (χ2n) is 6.71. The van der Waals surface area contributed by atoms with Gasteiger partial charge in [-0.3, -0.25) is 4.79 Å². The zero-order chi connectivity index (χ0) is 17.7. The Morgan fingerprint density at radius 3 is 3.00 bits per heavy atom. The van der Waals surface area contributed by atoms with E-state index in [1.165, 1.54) is 12.8 Å². The number of fused-ring (bicyclic) bond motifs is 2. The number of nitrogens with one attached hydrogen (secondary N) is 1. The van der Waals surface area contributed by atoms with Crippen molar-refractivity contribution >= 4 is 22.2 Å². The highest BCUT2D eigenvalue weighted by molar-refractivity contribution is 5.77. The van der Waals surface area contributed by atoms with Crippen molar-refractivity contribution in [2.45, 2.75) is 25.3 Å². The van der Waals surface area contributed by atoms with Crippen LogP contribution in [-0.2, 0) is 6.54 Å². The predicted octanol–water partition coefficient (Wildman–Crippen LogP) is 1.87. The fourth-order valence-electron chi connectivity index (χ4n) is 3.21. The molecule has 0 spiro atoms. The van der Waals surface area contributed by atoms with Crippen molar-refractivity contribution in [3.05, 3.63) is 58.5 Å². The van der Waals surface area contributed by atoms with Gasteiger partial charge in [-0.2, -0.15) is 9.61 Å². The SMILES string of the molecule is CN(Cc1nc2ccccc2c(=O)[nH]1)c1cc(C2CC2)nn2cnnc12. The summed E-state index contributed by atoms with van der Waals surface area (Å²) in [6.45, 7) is 0.455. The van der Waals surface area contributed by atoms with Crippen LogP contribution in [0.15, 0.2) is 41.5 Å². The van der Waals surface area contributed by atoms with Gasteiger partial charge in [0.15, 0.2) is 0 Å². The fraction of sp³-hybridized carbons (Fsp3) is 0.278. The van der Waals surface area contributed by atoms with Gasteiger partial charge in [0.25, 0.3) is 5.56 Å². The highest BCUT2D eigenvalue weighted by Gasteiger charge is 2.27. The second kappa shape index (κ2) is 5.62. The summed E-state index contributed by atoms with van der Waals surface area (Å²) in [4.78, 5) is 21.8. The van der Waals surface area contributed by atoms with Gasteiger partial charge in [-0.15, -0.1) is 10.2 Å². The number of rotatable bonds is 4. The van der Waals surface area contributed by atoms with E-state index in [2.05, 4.69) is 31.3 Å². The van der Waals surface area contributed by atoms with Crippen molar-refractivity contribution in [2.75, 3.05) is 11.9 Å². The summed E-state index contributed by atoms with van der Waals surface area (Å²) in [6.07, 6.45) is 3.96. The second-order valence-corrected chi connectivity index (χ2v) is 6.71. The number of hydrogen-bond donors (Lipinski definition) is 1. The molecule has 4 aromatic rings. The van der Waals surface area contributed by atoms with Gasteiger partial charge in [0.05, 0.1) is 28.8 Å². The molecule has 0 radical (unpaired) electrons. The van der Waals surface area contributed by atoms with Crippen LogP contribution in [0.4, 0.5) is 5.69 Å². The van der Waals surface area contributed by atoms with Crippen LogP contribution in [0.1, 0.15) is 30.3 Å². The molecule has 1 aliphatic rings. The van der Waals surface area contributed by atoms with Crippen LogP contribution in [0.2, 0.25) is 0 Å². The average molecular weight is 347 g/mol. The Bertz CT molecular complexity index is 1180. The average Bonchev–Trinajstić information content (AvgIpc) is 3.38. The van der Waals surface area contributed by atoms with E-state index in [0.717, 1.165) is 11.4 Å². The molecule has 130 valence electrons. The predicted molar refractivity (Wildman–Crippen MR) is 97.2 cm³/mol. The smallest absolute Gasteiger partial charge is 0.258 e. The quantitative estimate of drug-likeness (QED) is 0.606. The monoisotopic (exact) mass is 347 g/mol. The van der Waals surface area contributed by atoms with E-state index in [1.807, 2.05) is 30.1 Å². The van der Waals surface area contributed by atoms with Crippen molar-refractivity contribution in [1.29, 1.82) is 0 Å².